The zero-order valence-electron chi connectivity index (χ0n) is 9.84. The predicted octanol–water partition coefficient (Wildman–Crippen LogP) is 1.25. The molecular weight excluding hydrogens is 218 g/mol. The van der Waals surface area contributed by atoms with Crippen LogP contribution in [0.15, 0.2) is 24.3 Å². The van der Waals surface area contributed by atoms with Crippen LogP contribution in [0.1, 0.15) is 32.1 Å². The second-order valence-corrected chi connectivity index (χ2v) is 4.81. The van der Waals surface area contributed by atoms with Crippen LogP contribution < -0.4 is 5.73 Å². The number of carbonyl (C=O) groups is 1. The fraction of sp³-hybridized carbons (Fsp3) is 0.615. The molecule has 0 bridgehead atoms. The van der Waals surface area contributed by atoms with E-state index < -0.39 is 17.6 Å². The molecule has 17 heavy (non-hydrogen) atoms. The molecule has 0 amide bonds. The van der Waals surface area contributed by atoms with Crippen molar-refractivity contribution in [1.82, 2.24) is 0 Å². The number of aliphatic hydroxyl groups is 1. The van der Waals surface area contributed by atoms with Crippen LogP contribution in [-0.4, -0.2) is 22.9 Å². The van der Waals surface area contributed by atoms with E-state index >= 15 is 0 Å². The van der Waals surface area contributed by atoms with Gasteiger partial charge in [-0.25, -0.2) is 0 Å². The van der Waals surface area contributed by atoms with Gasteiger partial charge >= 0.3 is 5.97 Å². The third kappa shape index (κ3) is 2.96. The van der Waals surface area contributed by atoms with Crippen molar-refractivity contribution in [2.24, 2.45) is 11.7 Å². The lowest BCUT2D eigenvalue weighted by molar-refractivity contribution is -0.159. The van der Waals surface area contributed by atoms with Gasteiger partial charge in [0.2, 0.25) is 0 Å². The summed E-state index contributed by atoms with van der Waals surface area (Å²) in [6, 6.07) is 0. The van der Waals surface area contributed by atoms with Crippen LogP contribution in [-0.2, 0) is 9.53 Å². The van der Waals surface area contributed by atoms with Crippen LogP contribution in [0, 0.1) is 5.92 Å². The van der Waals surface area contributed by atoms with Gasteiger partial charge in [0.1, 0.15) is 17.7 Å². The molecule has 1 saturated carbocycles. The summed E-state index contributed by atoms with van der Waals surface area (Å²) in [4.78, 5) is 11.9. The summed E-state index contributed by atoms with van der Waals surface area (Å²) in [6.45, 7) is 0. The summed E-state index contributed by atoms with van der Waals surface area (Å²) in [5.74, 6) is -1.23. The number of nitrogens with two attached hydrogens (primary N) is 1. The van der Waals surface area contributed by atoms with Crippen molar-refractivity contribution in [2.45, 2.75) is 43.9 Å². The molecular formula is C13H19NO3. The largest absolute Gasteiger partial charge is 0.462 e. The first-order valence-electron chi connectivity index (χ1n) is 6.17. The molecule has 2 aliphatic rings. The van der Waals surface area contributed by atoms with Crippen molar-refractivity contribution in [3.63, 3.8) is 0 Å². The Hall–Kier alpha value is -1.13. The number of ether oxygens (including phenoxy) is 1. The molecule has 0 aromatic rings. The zero-order valence-corrected chi connectivity index (χ0v) is 9.84. The van der Waals surface area contributed by atoms with E-state index in [1.165, 1.54) is 12.5 Å². The van der Waals surface area contributed by atoms with Crippen molar-refractivity contribution < 1.29 is 14.6 Å². The smallest absolute Gasteiger partial charge is 0.317 e. The lowest BCUT2D eigenvalue weighted by Gasteiger charge is -2.30. The number of hydrogen-bond acceptors (Lipinski definition) is 4. The van der Waals surface area contributed by atoms with Crippen LogP contribution in [0.2, 0.25) is 0 Å². The van der Waals surface area contributed by atoms with Gasteiger partial charge in [-0.1, -0.05) is 24.6 Å². The second kappa shape index (κ2) is 5.02. The fourth-order valence-corrected chi connectivity index (χ4v) is 2.33. The molecule has 2 rings (SSSR count). The van der Waals surface area contributed by atoms with E-state index in [1.807, 2.05) is 0 Å². The van der Waals surface area contributed by atoms with Crippen LogP contribution >= 0.6 is 0 Å². The van der Waals surface area contributed by atoms with Crippen molar-refractivity contribution in [3.05, 3.63) is 24.3 Å². The standard InChI is InChI=1S/C13H19NO3/c14-13(16)9-5-4-8-11(13)12(15)17-10-6-2-1-3-7-10/h4-5,8-11,16H,1-3,6-7,14H2. The average molecular weight is 237 g/mol. The maximum absolute atomic E-state index is 11.9. The quantitative estimate of drug-likeness (QED) is 0.560. The Morgan fingerprint density at radius 3 is 2.65 bits per heavy atom. The van der Waals surface area contributed by atoms with E-state index in [4.69, 9.17) is 10.5 Å². The molecule has 0 radical (unpaired) electrons. The van der Waals surface area contributed by atoms with Gasteiger partial charge in [0.25, 0.3) is 0 Å². The highest BCUT2D eigenvalue weighted by Crippen LogP contribution is 2.25. The zero-order chi connectivity index (χ0) is 12.3. The molecule has 0 aliphatic heterocycles. The predicted molar refractivity (Wildman–Crippen MR) is 63.9 cm³/mol. The van der Waals surface area contributed by atoms with Gasteiger partial charge in [-0.3, -0.25) is 10.5 Å². The highest BCUT2D eigenvalue weighted by atomic mass is 16.5. The third-order valence-electron chi connectivity index (χ3n) is 3.37. The van der Waals surface area contributed by atoms with Gasteiger partial charge in [0, 0.05) is 0 Å². The number of carbonyl (C=O) groups excluding carboxylic acids is 1. The SMILES string of the molecule is NC1(O)C=CC=CC1C(=O)OC1CCCCC1. The van der Waals surface area contributed by atoms with Crippen molar-refractivity contribution in [1.29, 1.82) is 0 Å². The maximum Gasteiger partial charge on any atom is 0.317 e. The molecule has 4 nitrogen and oxygen atoms in total. The Balaban J connectivity index is 1.95. The Morgan fingerprint density at radius 2 is 2.00 bits per heavy atom. The van der Waals surface area contributed by atoms with E-state index in [1.54, 1.807) is 18.2 Å². The summed E-state index contributed by atoms with van der Waals surface area (Å²) in [5.41, 5.74) is 4.02. The topological polar surface area (TPSA) is 72.5 Å². The minimum Gasteiger partial charge on any atom is -0.462 e. The van der Waals surface area contributed by atoms with Crippen LogP contribution in [0.4, 0.5) is 0 Å². The average Bonchev–Trinajstić information content (AvgIpc) is 2.29. The van der Waals surface area contributed by atoms with Gasteiger partial charge < -0.3 is 9.84 Å². The lowest BCUT2D eigenvalue weighted by atomic mass is 9.91. The van der Waals surface area contributed by atoms with E-state index in [0.29, 0.717) is 0 Å². The second-order valence-electron chi connectivity index (χ2n) is 4.81. The highest BCUT2D eigenvalue weighted by Gasteiger charge is 2.37. The molecule has 0 aromatic heterocycles. The summed E-state index contributed by atoms with van der Waals surface area (Å²) >= 11 is 0. The molecule has 0 spiro atoms. The summed E-state index contributed by atoms with van der Waals surface area (Å²) in [7, 11) is 0. The first-order chi connectivity index (χ1) is 8.09. The number of rotatable bonds is 2. The molecule has 2 atom stereocenters. The number of allylic oxidation sites excluding steroid dienone is 2. The van der Waals surface area contributed by atoms with E-state index in [0.717, 1.165) is 25.7 Å². The molecule has 0 heterocycles. The Bertz CT molecular complexity index is 341. The van der Waals surface area contributed by atoms with Crippen LogP contribution in [0.25, 0.3) is 0 Å². The van der Waals surface area contributed by atoms with Gasteiger partial charge in [-0.05, 0) is 31.8 Å². The number of esters is 1. The third-order valence-corrected chi connectivity index (χ3v) is 3.37. The summed E-state index contributed by atoms with van der Waals surface area (Å²) < 4.78 is 5.40. The Morgan fingerprint density at radius 1 is 1.29 bits per heavy atom. The minimum absolute atomic E-state index is 0.00800. The van der Waals surface area contributed by atoms with Gasteiger partial charge in [0.05, 0.1) is 0 Å². The first kappa shape index (κ1) is 12.3. The van der Waals surface area contributed by atoms with Gasteiger partial charge in [0.15, 0.2) is 0 Å². The lowest BCUT2D eigenvalue weighted by Crippen LogP contribution is -2.49. The van der Waals surface area contributed by atoms with E-state index in [9.17, 15) is 9.90 Å². The molecule has 94 valence electrons. The van der Waals surface area contributed by atoms with Crippen molar-refractivity contribution in [3.8, 4) is 0 Å². The molecule has 4 heteroatoms. The Kier molecular flexibility index (Phi) is 3.64. The van der Waals surface area contributed by atoms with Crippen molar-refractivity contribution >= 4 is 5.97 Å². The fourth-order valence-electron chi connectivity index (χ4n) is 2.33. The van der Waals surface area contributed by atoms with Gasteiger partial charge in [-0.2, -0.15) is 0 Å². The van der Waals surface area contributed by atoms with E-state index in [-0.39, 0.29) is 6.10 Å². The van der Waals surface area contributed by atoms with Crippen molar-refractivity contribution in [2.75, 3.05) is 0 Å². The van der Waals surface area contributed by atoms with E-state index in [2.05, 4.69) is 0 Å². The highest BCUT2D eigenvalue weighted by molar-refractivity contribution is 5.77. The maximum atomic E-state index is 11.9. The van der Waals surface area contributed by atoms with Crippen LogP contribution in [0.5, 0.6) is 0 Å². The monoisotopic (exact) mass is 237 g/mol. The van der Waals surface area contributed by atoms with Gasteiger partial charge in [-0.15, -0.1) is 0 Å². The molecule has 2 aliphatic carbocycles. The summed E-state index contributed by atoms with van der Waals surface area (Å²) in [6.07, 6.45) is 11.6. The molecule has 2 unspecified atom stereocenters. The van der Waals surface area contributed by atoms with Crippen LogP contribution in [0.3, 0.4) is 0 Å². The molecule has 1 fully saturated rings. The Labute approximate surface area is 101 Å². The first-order valence-corrected chi connectivity index (χ1v) is 6.17. The number of hydrogen-bond donors (Lipinski definition) is 2. The molecule has 3 N–H and O–H groups in total. The molecule has 0 saturated heterocycles. The molecule has 0 aromatic carbocycles. The summed E-state index contributed by atoms with van der Waals surface area (Å²) in [5, 5.41) is 9.87. The normalized spacial score (nSPS) is 33.6. The minimum atomic E-state index is -1.62.